The zero-order valence-electron chi connectivity index (χ0n) is 13.8. The molecule has 130 valence electrons. The molecule has 6 heteroatoms. The van der Waals surface area contributed by atoms with Gasteiger partial charge in [0.25, 0.3) is 5.91 Å². The summed E-state index contributed by atoms with van der Waals surface area (Å²) in [6.07, 6.45) is 0. The average molecular weight is 347 g/mol. The van der Waals surface area contributed by atoms with Crippen LogP contribution in [0.15, 0.2) is 78.9 Å². The molecule has 0 saturated heterocycles. The largest absolute Gasteiger partial charge is 0.323 e. The number of urea groups is 1. The number of hydrogen-bond acceptors (Lipinski definition) is 3. The van der Waals surface area contributed by atoms with Gasteiger partial charge in [0.15, 0.2) is 0 Å². The molecule has 0 aliphatic carbocycles. The molecule has 0 unspecified atom stereocenters. The Morgan fingerprint density at radius 3 is 2.00 bits per heavy atom. The summed E-state index contributed by atoms with van der Waals surface area (Å²) in [7, 11) is 0. The molecule has 0 fully saturated rings. The van der Waals surface area contributed by atoms with E-state index in [-0.39, 0.29) is 0 Å². The van der Waals surface area contributed by atoms with Crippen LogP contribution in [0.25, 0.3) is 11.1 Å². The quantitative estimate of drug-likeness (QED) is 0.423. The van der Waals surface area contributed by atoms with E-state index in [1.165, 1.54) is 0 Å². The molecule has 6 nitrogen and oxygen atoms in total. The maximum Gasteiger partial charge on any atom is 0.323 e. The van der Waals surface area contributed by atoms with Gasteiger partial charge in [-0.3, -0.25) is 10.0 Å². The maximum absolute atomic E-state index is 12.2. The molecule has 3 rings (SSSR count). The van der Waals surface area contributed by atoms with Gasteiger partial charge in [-0.15, -0.1) is 0 Å². The number of rotatable bonds is 4. The van der Waals surface area contributed by atoms with Crippen molar-refractivity contribution < 1.29 is 14.8 Å². The van der Waals surface area contributed by atoms with Crippen LogP contribution in [-0.2, 0) is 0 Å². The number of hydroxylamine groups is 1. The first-order valence-electron chi connectivity index (χ1n) is 7.94. The molecule has 26 heavy (non-hydrogen) atoms. The topological polar surface area (TPSA) is 90.5 Å². The Kier molecular flexibility index (Phi) is 5.26. The molecule has 0 saturated carbocycles. The average Bonchev–Trinajstić information content (AvgIpc) is 2.68. The Labute approximate surface area is 150 Å². The van der Waals surface area contributed by atoms with Gasteiger partial charge in [-0.2, -0.15) is 0 Å². The maximum atomic E-state index is 12.2. The van der Waals surface area contributed by atoms with E-state index < -0.39 is 11.9 Å². The van der Waals surface area contributed by atoms with E-state index in [1.807, 2.05) is 48.5 Å². The Balaban J connectivity index is 1.87. The third-order valence-corrected chi connectivity index (χ3v) is 3.74. The Bertz CT molecular complexity index is 912. The molecule has 0 aromatic heterocycles. The Morgan fingerprint density at radius 1 is 0.731 bits per heavy atom. The lowest BCUT2D eigenvalue weighted by Gasteiger charge is -2.12. The van der Waals surface area contributed by atoms with Gasteiger partial charge in [-0.05, 0) is 41.5 Å². The van der Waals surface area contributed by atoms with Crippen LogP contribution in [0.1, 0.15) is 10.4 Å². The highest BCUT2D eigenvalue weighted by Gasteiger charge is 2.14. The van der Waals surface area contributed by atoms with Crippen molar-refractivity contribution in [1.29, 1.82) is 0 Å². The first-order valence-corrected chi connectivity index (χ1v) is 7.94. The lowest BCUT2D eigenvalue weighted by molar-refractivity contribution is 0.0707. The van der Waals surface area contributed by atoms with E-state index in [0.29, 0.717) is 22.5 Å². The van der Waals surface area contributed by atoms with Gasteiger partial charge in [0.1, 0.15) is 0 Å². The van der Waals surface area contributed by atoms with E-state index in [2.05, 4.69) is 10.6 Å². The fraction of sp³-hybridized carbons (Fsp3) is 0. The summed E-state index contributed by atoms with van der Waals surface area (Å²) in [5, 5.41) is 14.4. The van der Waals surface area contributed by atoms with Gasteiger partial charge in [-0.25, -0.2) is 10.3 Å². The predicted octanol–water partition coefficient (Wildman–Crippen LogP) is 4.12. The summed E-state index contributed by atoms with van der Waals surface area (Å²) < 4.78 is 0. The van der Waals surface area contributed by atoms with Crippen LogP contribution in [0.4, 0.5) is 16.2 Å². The van der Waals surface area contributed by atoms with Gasteiger partial charge in [0.2, 0.25) is 0 Å². The summed E-state index contributed by atoms with van der Waals surface area (Å²) in [5.74, 6) is -0.621. The monoisotopic (exact) mass is 347 g/mol. The number of amides is 3. The Morgan fingerprint density at radius 2 is 1.35 bits per heavy atom. The van der Waals surface area contributed by atoms with Gasteiger partial charge >= 0.3 is 6.03 Å². The zero-order chi connectivity index (χ0) is 18.4. The van der Waals surface area contributed by atoms with Crippen molar-refractivity contribution in [3.05, 3.63) is 84.4 Å². The van der Waals surface area contributed by atoms with E-state index in [4.69, 9.17) is 5.21 Å². The molecular formula is C20H17N3O3. The fourth-order valence-electron chi connectivity index (χ4n) is 2.55. The normalized spacial score (nSPS) is 10.0. The standard InChI is InChI=1S/C20H17N3O3/c24-19(23-26)17-12-11-16(13-18(17)14-7-3-1-4-8-14)22-20(25)21-15-9-5-2-6-10-15/h1-13,26H,(H,23,24)(H2,21,22,25). The molecule has 0 atom stereocenters. The van der Waals surface area contributed by atoms with Crippen molar-refractivity contribution in [2.75, 3.05) is 10.6 Å². The van der Waals surface area contributed by atoms with Crippen molar-refractivity contribution in [3.8, 4) is 11.1 Å². The number of hydrogen-bond donors (Lipinski definition) is 4. The fourth-order valence-corrected chi connectivity index (χ4v) is 2.55. The molecular weight excluding hydrogens is 330 g/mol. The Hall–Kier alpha value is -3.64. The van der Waals surface area contributed by atoms with Crippen molar-refractivity contribution in [1.82, 2.24) is 5.48 Å². The molecule has 3 aromatic carbocycles. The summed E-state index contributed by atoms with van der Waals surface area (Å²) in [6, 6.07) is 22.8. The van der Waals surface area contributed by atoms with Crippen LogP contribution < -0.4 is 16.1 Å². The van der Waals surface area contributed by atoms with Crippen LogP contribution in [0, 0.1) is 0 Å². The third-order valence-electron chi connectivity index (χ3n) is 3.74. The first kappa shape index (κ1) is 17.2. The number of carbonyl (C=O) groups excluding carboxylic acids is 2. The number of nitrogens with one attached hydrogen (secondary N) is 3. The van der Waals surface area contributed by atoms with Gasteiger partial charge < -0.3 is 10.6 Å². The molecule has 3 aromatic rings. The van der Waals surface area contributed by atoms with Gasteiger partial charge in [0, 0.05) is 16.9 Å². The lowest BCUT2D eigenvalue weighted by Crippen LogP contribution is -2.21. The molecule has 4 N–H and O–H groups in total. The summed E-state index contributed by atoms with van der Waals surface area (Å²) in [5.41, 5.74) is 4.52. The molecule has 0 radical (unpaired) electrons. The highest BCUT2D eigenvalue weighted by atomic mass is 16.5. The van der Waals surface area contributed by atoms with Crippen molar-refractivity contribution in [2.24, 2.45) is 0 Å². The van der Waals surface area contributed by atoms with Gasteiger partial charge in [-0.1, -0.05) is 48.5 Å². The number of benzene rings is 3. The van der Waals surface area contributed by atoms with Crippen LogP contribution in [-0.4, -0.2) is 17.1 Å². The number of anilines is 2. The molecule has 0 bridgehead atoms. The van der Waals surface area contributed by atoms with Crippen LogP contribution >= 0.6 is 0 Å². The highest BCUT2D eigenvalue weighted by Crippen LogP contribution is 2.27. The van der Waals surface area contributed by atoms with E-state index in [1.54, 1.807) is 35.8 Å². The molecule has 3 amide bonds. The molecule has 0 aliphatic heterocycles. The van der Waals surface area contributed by atoms with Crippen LogP contribution in [0.2, 0.25) is 0 Å². The summed E-state index contributed by atoms with van der Waals surface area (Å²) >= 11 is 0. The number of carbonyl (C=O) groups is 2. The zero-order valence-corrected chi connectivity index (χ0v) is 13.8. The smallest absolute Gasteiger partial charge is 0.308 e. The second-order valence-electron chi connectivity index (χ2n) is 5.51. The lowest BCUT2D eigenvalue weighted by atomic mass is 9.98. The van der Waals surface area contributed by atoms with E-state index in [9.17, 15) is 9.59 Å². The first-order chi connectivity index (χ1) is 12.7. The highest BCUT2D eigenvalue weighted by molar-refractivity contribution is 6.03. The SMILES string of the molecule is O=C(Nc1ccccc1)Nc1ccc(C(=O)NO)c(-c2ccccc2)c1. The minimum absolute atomic E-state index is 0.299. The van der Waals surface area contributed by atoms with Crippen LogP contribution in [0.5, 0.6) is 0 Å². The van der Waals surface area contributed by atoms with E-state index >= 15 is 0 Å². The summed E-state index contributed by atoms with van der Waals surface area (Å²) in [6.45, 7) is 0. The van der Waals surface area contributed by atoms with Crippen molar-refractivity contribution in [3.63, 3.8) is 0 Å². The molecule has 0 aliphatic rings. The van der Waals surface area contributed by atoms with E-state index in [0.717, 1.165) is 5.56 Å². The minimum Gasteiger partial charge on any atom is -0.308 e. The summed E-state index contributed by atoms with van der Waals surface area (Å²) in [4.78, 5) is 24.1. The third kappa shape index (κ3) is 4.06. The van der Waals surface area contributed by atoms with Crippen LogP contribution in [0.3, 0.4) is 0 Å². The predicted molar refractivity (Wildman–Crippen MR) is 100 cm³/mol. The van der Waals surface area contributed by atoms with Crippen molar-refractivity contribution in [2.45, 2.75) is 0 Å². The molecule has 0 heterocycles. The molecule has 0 spiro atoms. The van der Waals surface area contributed by atoms with Crippen molar-refractivity contribution >= 4 is 23.3 Å². The number of para-hydroxylation sites is 1. The minimum atomic E-state index is -0.621. The second kappa shape index (κ2) is 7.96. The van der Waals surface area contributed by atoms with Gasteiger partial charge in [0.05, 0.1) is 0 Å². The second-order valence-corrected chi connectivity index (χ2v) is 5.51.